The van der Waals surface area contributed by atoms with Crippen LogP contribution in [-0.4, -0.2) is 31.9 Å². The first-order valence-corrected chi connectivity index (χ1v) is 9.81. The van der Waals surface area contributed by atoms with Crippen LogP contribution in [0.2, 0.25) is 0 Å². The van der Waals surface area contributed by atoms with E-state index in [1.54, 1.807) is 17.8 Å². The molecule has 0 N–H and O–H groups in total. The van der Waals surface area contributed by atoms with Crippen LogP contribution in [0.3, 0.4) is 0 Å². The fraction of sp³-hybridized carbons (Fsp3) is 0.0833. The summed E-state index contributed by atoms with van der Waals surface area (Å²) in [5.41, 5.74) is 3.61. The van der Waals surface area contributed by atoms with E-state index in [0.717, 1.165) is 22.4 Å². The minimum absolute atomic E-state index is 0.430. The highest BCUT2D eigenvalue weighted by Gasteiger charge is 2.15. The van der Waals surface area contributed by atoms with Gasteiger partial charge in [0, 0.05) is 11.1 Å². The Labute approximate surface area is 178 Å². The van der Waals surface area contributed by atoms with Crippen molar-refractivity contribution in [1.29, 1.82) is 0 Å². The topological polar surface area (TPSA) is 74.4 Å². The number of hydrogen-bond donors (Lipinski definition) is 0. The van der Waals surface area contributed by atoms with Crippen LogP contribution in [0.15, 0.2) is 85.1 Å². The highest BCUT2D eigenvalue weighted by molar-refractivity contribution is 5.64. The molecule has 0 saturated heterocycles. The molecule has 7 heteroatoms. The number of methoxy groups -OCH3 is 1. The largest absolute Gasteiger partial charge is 0.493 e. The Balaban J connectivity index is 1.44. The number of ether oxygens (including phenoxy) is 2. The van der Waals surface area contributed by atoms with Gasteiger partial charge in [0.2, 0.25) is 0 Å². The van der Waals surface area contributed by atoms with Gasteiger partial charge in [0.25, 0.3) is 5.78 Å². The van der Waals surface area contributed by atoms with E-state index in [2.05, 4.69) is 20.3 Å². The Morgan fingerprint density at radius 1 is 0.806 bits per heavy atom. The predicted octanol–water partition coefficient (Wildman–Crippen LogP) is 4.44. The van der Waals surface area contributed by atoms with Crippen molar-refractivity contribution >= 4 is 5.78 Å². The first-order valence-electron chi connectivity index (χ1n) is 9.81. The summed E-state index contributed by atoms with van der Waals surface area (Å²) in [5, 5.41) is 13.0. The van der Waals surface area contributed by atoms with Gasteiger partial charge in [0.05, 0.1) is 19.0 Å². The summed E-state index contributed by atoms with van der Waals surface area (Å²) in [6.45, 7) is 0.456. The van der Waals surface area contributed by atoms with Gasteiger partial charge in [-0.25, -0.2) is 4.98 Å². The summed E-state index contributed by atoms with van der Waals surface area (Å²) in [7, 11) is 1.61. The second-order valence-electron chi connectivity index (χ2n) is 6.88. The molecule has 2 aromatic heterocycles. The van der Waals surface area contributed by atoms with E-state index >= 15 is 0 Å². The number of fused-ring (bicyclic) bond motifs is 1. The maximum atomic E-state index is 5.94. The third-order valence-corrected chi connectivity index (χ3v) is 4.87. The van der Waals surface area contributed by atoms with E-state index in [4.69, 9.17) is 9.47 Å². The zero-order valence-corrected chi connectivity index (χ0v) is 16.8. The molecule has 0 spiro atoms. The number of nitrogens with zero attached hydrogens (tertiary/aromatic N) is 5. The zero-order valence-electron chi connectivity index (χ0n) is 16.8. The van der Waals surface area contributed by atoms with Crippen LogP contribution >= 0.6 is 0 Å². The molecule has 7 nitrogen and oxygen atoms in total. The van der Waals surface area contributed by atoms with Gasteiger partial charge < -0.3 is 9.47 Å². The molecule has 5 rings (SSSR count). The van der Waals surface area contributed by atoms with Crippen molar-refractivity contribution in [2.24, 2.45) is 0 Å². The van der Waals surface area contributed by atoms with Gasteiger partial charge in [-0.05, 0) is 23.8 Å². The highest BCUT2D eigenvalue weighted by atomic mass is 16.5. The molecule has 0 bridgehead atoms. The molecular weight excluding hydrogens is 390 g/mol. The summed E-state index contributed by atoms with van der Waals surface area (Å²) in [6, 6.07) is 25.5. The minimum atomic E-state index is 0.430. The molecule has 2 heterocycles. The first-order chi connectivity index (χ1) is 15.3. The maximum Gasteiger partial charge on any atom is 0.272 e. The van der Waals surface area contributed by atoms with E-state index in [1.165, 1.54) is 0 Å². The smallest absolute Gasteiger partial charge is 0.272 e. The van der Waals surface area contributed by atoms with E-state index in [1.807, 2.05) is 78.9 Å². The predicted molar refractivity (Wildman–Crippen MR) is 117 cm³/mol. The number of benzene rings is 3. The van der Waals surface area contributed by atoms with Crippen LogP contribution in [0.25, 0.3) is 28.4 Å². The molecule has 0 aliphatic rings. The molecular formula is C24H19N5O2. The molecule has 31 heavy (non-hydrogen) atoms. The Hall–Kier alpha value is -4.26. The summed E-state index contributed by atoms with van der Waals surface area (Å²) in [6.07, 6.45) is 1.71. The van der Waals surface area contributed by atoms with Crippen LogP contribution in [0.1, 0.15) is 5.56 Å². The van der Waals surface area contributed by atoms with Crippen molar-refractivity contribution in [2.75, 3.05) is 7.11 Å². The van der Waals surface area contributed by atoms with E-state index in [-0.39, 0.29) is 0 Å². The molecule has 152 valence electrons. The van der Waals surface area contributed by atoms with Crippen molar-refractivity contribution < 1.29 is 9.47 Å². The summed E-state index contributed by atoms with van der Waals surface area (Å²) >= 11 is 0. The Morgan fingerprint density at radius 3 is 2.35 bits per heavy atom. The van der Waals surface area contributed by atoms with Crippen molar-refractivity contribution in [1.82, 2.24) is 24.8 Å². The van der Waals surface area contributed by atoms with Crippen LogP contribution in [0.5, 0.6) is 11.5 Å². The van der Waals surface area contributed by atoms with Crippen molar-refractivity contribution in [3.63, 3.8) is 0 Å². The molecule has 3 aromatic carbocycles. The zero-order chi connectivity index (χ0) is 21.0. The third-order valence-electron chi connectivity index (χ3n) is 4.87. The van der Waals surface area contributed by atoms with Gasteiger partial charge in [0.15, 0.2) is 17.3 Å². The standard InChI is InChI=1S/C24H19N5O2/c1-30-22-14-19(12-13-21(22)31-16-17-8-4-2-5-9-17)23-27-28-24-26-20(15-25-29(23)24)18-10-6-3-7-11-18/h2-15H,16H2,1H3. The molecule has 5 aromatic rings. The lowest BCUT2D eigenvalue weighted by Crippen LogP contribution is -2.00. The molecule has 0 aliphatic heterocycles. The van der Waals surface area contributed by atoms with Crippen molar-refractivity contribution in [2.45, 2.75) is 6.61 Å². The average Bonchev–Trinajstić information content (AvgIpc) is 3.27. The Kier molecular flexibility index (Phi) is 4.98. The quantitative estimate of drug-likeness (QED) is 0.413. The Morgan fingerprint density at radius 2 is 1.58 bits per heavy atom. The van der Waals surface area contributed by atoms with Crippen LogP contribution in [-0.2, 0) is 6.61 Å². The normalized spacial score (nSPS) is 10.9. The second kappa shape index (κ2) is 8.23. The molecule has 0 radical (unpaired) electrons. The van der Waals surface area contributed by atoms with Crippen molar-refractivity contribution in [3.8, 4) is 34.1 Å². The first kappa shape index (κ1) is 18.7. The van der Waals surface area contributed by atoms with E-state index in [9.17, 15) is 0 Å². The molecule has 0 unspecified atom stereocenters. The molecule has 0 fully saturated rings. The lowest BCUT2D eigenvalue weighted by Gasteiger charge is -2.12. The summed E-state index contributed by atoms with van der Waals surface area (Å²) in [5.74, 6) is 2.27. The van der Waals surface area contributed by atoms with Gasteiger partial charge in [0.1, 0.15) is 6.61 Å². The van der Waals surface area contributed by atoms with Gasteiger partial charge >= 0.3 is 0 Å². The number of hydrogen-bond acceptors (Lipinski definition) is 6. The third kappa shape index (κ3) is 3.81. The second-order valence-corrected chi connectivity index (χ2v) is 6.88. The van der Waals surface area contributed by atoms with Gasteiger partial charge in [-0.15, -0.1) is 10.2 Å². The summed E-state index contributed by atoms with van der Waals surface area (Å²) in [4.78, 5) is 4.59. The molecule has 0 amide bonds. The van der Waals surface area contributed by atoms with Crippen LogP contribution in [0, 0.1) is 0 Å². The SMILES string of the molecule is COc1cc(-c2nnc3nc(-c4ccccc4)cnn23)ccc1OCc1ccccc1. The molecule has 0 atom stereocenters. The van der Waals surface area contributed by atoms with Gasteiger partial charge in [-0.2, -0.15) is 9.61 Å². The van der Waals surface area contributed by atoms with Crippen molar-refractivity contribution in [3.05, 3.63) is 90.6 Å². The minimum Gasteiger partial charge on any atom is -0.493 e. The average molecular weight is 409 g/mol. The van der Waals surface area contributed by atoms with Gasteiger partial charge in [-0.3, -0.25) is 0 Å². The van der Waals surface area contributed by atoms with Crippen LogP contribution in [0.4, 0.5) is 0 Å². The highest BCUT2D eigenvalue weighted by Crippen LogP contribution is 2.32. The van der Waals surface area contributed by atoms with E-state index < -0.39 is 0 Å². The van der Waals surface area contributed by atoms with Gasteiger partial charge in [-0.1, -0.05) is 60.7 Å². The fourth-order valence-corrected chi connectivity index (χ4v) is 3.29. The maximum absolute atomic E-state index is 5.94. The monoisotopic (exact) mass is 409 g/mol. The number of aromatic nitrogens is 5. The lowest BCUT2D eigenvalue weighted by molar-refractivity contribution is 0.284. The fourth-order valence-electron chi connectivity index (χ4n) is 3.29. The lowest BCUT2D eigenvalue weighted by atomic mass is 10.2. The molecule has 0 aliphatic carbocycles. The van der Waals surface area contributed by atoms with Crippen LogP contribution < -0.4 is 9.47 Å². The number of rotatable bonds is 6. The summed E-state index contributed by atoms with van der Waals surface area (Å²) < 4.78 is 13.1. The van der Waals surface area contributed by atoms with E-state index in [0.29, 0.717) is 29.7 Å². The molecule has 0 saturated carbocycles. The Bertz CT molecular complexity index is 1320.